The van der Waals surface area contributed by atoms with Crippen molar-refractivity contribution in [1.82, 2.24) is 0 Å². The lowest BCUT2D eigenvalue weighted by atomic mass is 9.86. The maximum absolute atomic E-state index is 2.38. The van der Waals surface area contributed by atoms with Crippen LogP contribution < -0.4 is 0 Å². The van der Waals surface area contributed by atoms with Gasteiger partial charge in [0.15, 0.2) is 0 Å². The molecule has 0 bridgehead atoms. The largest absolute Gasteiger partial charge is 0.0781 e. The number of aryl methyl sites for hydroxylation is 3. The summed E-state index contributed by atoms with van der Waals surface area (Å²) in [5.74, 6) is 0.566. The second-order valence-electron chi connectivity index (χ2n) is 5.71. The first-order valence-electron chi connectivity index (χ1n) is 6.76. The van der Waals surface area contributed by atoms with Gasteiger partial charge in [0, 0.05) is 0 Å². The lowest BCUT2D eigenvalue weighted by Gasteiger charge is -2.19. The highest BCUT2D eigenvalue weighted by Crippen LogP contribution is 2.27. The molecule has 0 heteroatoms. The van der Waals surface area contributed by atoms with E-state index in [9.17, 15) is 0 Å². The van der Waals surface area contributed by atoms with Gasteiger partial charge in [-0.3, -0.25) is 0 Å². The summed E-state index contributed by atoms with van der Waals surface area (Å²) in [5, 5.41) is 0. The molecule has 2 rings (SSSR count). The molecule has 0 spiro atoms. The molecule has 0 nitrogen and oxygen atoms in total. The van der Waals surface area contributed by atoms with Gasteiger partial charge in [-0.05, 0) is 63.1 Å². The van der Waals surface area contributed by atoms with Gasteiger partial charge >= 0.3 is 0 Å². The third kappa shape index (κ3) is 2.93. The van der Waals surface area contributed by atoms with Gasteiger partial charge < -0.3 is 0 Å². The van der Waals surface area contributed by atoms with Crippen molar-refractivity contribution in [2.75, 3.05) is 0 Å². The molecule has 0 fully saturated rings. The van der Waals surface area contributed by atoms with Crippen LogP contribution in [0, 0.1) is 33.1 Å². The van der Waals surface area contributed by atoms with Crippen molar-refractivity contribution >= 4 is 0 Å². The fourth-order valence-corrected chi connectivity index (χ4v) is 2.99. The molecule has 0 saturated carbocycles. The maximum atomic E-state index is 2.38. The summed E-state index contributed by atoms with van der Waals surface area (Å²) in [5.41, 5.74) is 8.54. The Morgan fingerprint density at radius 1 is 1.00 bits per heavy atom. The van der Waals surface area contributed by atoms with Gasteiger partial charge in [0.2, 0.25) is 0 Å². The van der Waals surface area contributed by atoms with Crippen LogP contribution in [0.4, 0.5) is 0 Å². The Kier molecular flexibility index (Phi) is 3.75. The van der Waals surface area contributed by atoms with E-state index in [1.807, 2.05) is 0 Å². The lowest BCUT2D eigenvalue weighted by Crippen LogP contribution is -2.06. The van der Waals surface area contributed by atoms with Gasteiger partial charge in [-0.1, -0.05) is 47.9 Å². The van der Waals surface area contributed by atoms with Gasteiger partial charge in [0.25, 0.3) is 0 Å². The SMILES string of the molecule is CC1=CC(C)[CH]C(Cc2c(C)cc(C)cc2C)=C1. The molecule has 0 amide bonds. The smallest absolute Gasteiger partial charge is 0.00554 e. The summed E-state index contributed by atoms with van der Waals surface area (Å²) in [7, 11) is 0. The highest BCUT2D eigenvalue weighted by atomic mass is 14.2. The molecule has 1 aliphatic carbocycles. The summed E-state index contributed by atoms with van der Waals surface area (Å²) >= 11 is 0. The Hall–Kier alpha value is -1.30. The molecule has 1 radical (unpaired) electrons. The summed E-state index contributed by atoms with van der Waals surface area (Å²) < 4.78 is 0. The quantitative estimate of drug-likeness (QED) is 0.690. The van der Waals surface area contributed by atoms with Crippen LogP contribution in [0.3, 0.4) is 0 Å². The average molecular weight is 239 g/mol. The summed E-state index contributed by atoms with van der Waals surface area (Å²) in [6, 6.07) is 4.58. The molecule has 18 heavy (non-hydrogen) atoms. The third-order valence-corrected chi connectivity index (χ3v) is 3.64. The molecule has 0 aromatic heterocycles. The van der Waals surface area contributed by atoms with E-state index in [4.69, 9.17) is 0 Å². The normalized spacial score (nSPS) is 19.5. The minimum atomic E-state index is 0.566. The van der Waals surface area contributed by atoms with Crippen LogP contribution in [0.15, 0.2) is 35.4 Å². The first-order chi connectivity index (χ1) is 8.45. The van der Waals surface area contributed by atoms with Crippen molar-refractivity contribution in [1.29, 1.82) is 0 Å². The van der Waals surface area contributed by atoms with Crippen LogP contribution in [0.2, 0.25) is 0 Å². The van der Waals surface area contributed by atoms with Crippen LogP contribution in [-0.4, -0.2) is 0 Å². The Labute approximate surface area is 111 Å². The van der Waals surface area contributed by atoms with Gasteiger partial charge in [-0.25, -0.2) is 0 Å². The highest BCUT2D eigenvalue weighted by molar-refractivity contribution is 5.44. The molecule has 1 aromatic carbocycles. The molecule has 1 aromatic rings. The molecule has 0 N–H and O–H groups in total. The molecule has 0 heterocycles. The predicted molar refractivity (Wildman–Crippen MR) is 79.7 cm³/mol. The molecule has 0 aliphatic heterocycles. The van der Waals surface area contributed by atoms with Crippen molar-refractivity contribution < 1.29 is 0 Å². The van der Waals surface area contributed by atoms with E-state index in [0.717, 1.165) is 6.42 Å². The number of allylic oxidation sites excluding steroid dienone is 4. The summed E-state index contributed by atoms with van der Waals surface area (Å²) in [6.45, 7) is 11.1. The van der Waals surface area contributed by atoms with Gasteiger partial charge in [0.1, 0.15) is 0 Å². The van der Waals surface area contributed by atoms with E-state index in [0.29, 0.717) is 5.92 Å². The first kappa shape index (κ1) is 13.1. The van der Waals surface area contributed by atoms with Crippen molar-refractivity contribution in [3.8, 4) is 0 Å². The van der Waals surface area contributed by atoms with Crippen molar-refractivity contribution in [2.45, 2.75) is 41.0 Å². The van der Waals surface area contributed by atoms with E-state index in [2.05, 4.69) is 65.3 Å². The minimum absolute atomic E-state index is 0.566. The number of hydrogen-bond donors (Lipinski definition) is 0. The van der Waals surface area contributed by atoms with Crippen molar-refractivity contribution in [2.24, 2.45) is 5.92 Å². The zero-order chi connectivity index (χ0) is 13.3. The molecule has 1 atom stereocenters. The topological polar surface area (TPSA) is 0 Å². The van der Waals surface area contributed by atoms with E-state index in [1.54, 1.807) is 0 Å². The predicted octanol–water partition coefficient (Wildman–Crippen LogP) is 4.88. The van der Waals surface area contributed by atoms with E-state index in [-0.39, 0.29) is 0 Å². The fourth-order valence-electron chi connectivity index (χ4n) is 2.99. The van der Waals surface area contributed by atoms with Crippen LogP contribution >= 0.6 is 0 Å². The molecular formula is C18H23. The van der Waals surface area contributed by atoms with E-state index >= 15 is 0 Å². The molecular weight excluding hydrogens is 216 g/mol. The lowest BCUT2D eigenvalue weighted by molar-refractivity contribution is 0.826. The zero-order valence-electron chi connectivity index (χ0n) is 12.2. The van der Waals surface area contributed by atoms with Gasteiger partial charge in [0.05, 0.1) is 0 Å². The average Bonchev–Trinajstić information content (AvgIpc) is 2.22. The van der Waals surface area contributed by atoms with Crippen molar-refractivity contribution in [3.05, 3.63) is 64.1 Å². The third-order valence-electron chi connectivity index (χ3n) is 3.64. The Morgan fingerprint density at radius 2 is 1.61 bits per heavy atom. The van der Waals surface area contributed by atoms with Gasteiger partial charge in [-0.2, -0.15) is 0 Å². The maximum Gasteiger partial charge on any atom is -0.00554 e. The van der Waals surface area contributed by atoms with Crippen LogP contribution in [0.25, 0.3) is 0 Å². The number of hydrogen-bond acceptors (Lipinski definition) is 0. The number of rotatable bonds is 2. The highest BCUT2D eigenvalue weighted by Gasteiger charge is 2.13. The second-order valence-corrected chi connectivity index (χ2v) is 5.71. The first-order valence-corrected chi connectivity index (χ1v) is 6.76. The standard InChI is InChI=1S/C18H23/c1-12-6-13(2)10-17(9-12)11-18-15(4)7-14(3)8-16(18)5/h6-10,12H,11H2,1-5H3. The molecule has 1 unspecified atom stereocenters. The molecule has 1 aliphatic rings. The Bertz CT molecular complexity index is 492. The molecule has 95 valence electrons. The molecule has 0 saturated heterocycles. The van der Waals surface area contributed by atoms with Gasteiger partial charge in [-0.15, -0.1) is 0 Å². The van der Waals surface area contributed by atoms with Crippen molar-refractivity contribution in [3.63, 3.8) is 0 Å². The van der Waals surface area contributed by atoms with Crippen LogP contribution in [0.5, 0.6) is 0 Å². The summed E-state index contributed by atoms with van der Waals surface area (Å²) in [4.78, 5) is 0. The fraction of sp³-hybridized carbons (Fsp3) is 0.389. The van der Waals surface area contributed by atoms with E-state index in [1.165, 1.54) is 33.4 Å². The number of benzene rings is 1. The zero-order valence-corrected chi connectivity index (χ0v) is 12.2. The van der Waals surface area contributed by atoms with Crippen LogP contribution in [-0.2, 0) is 6.42 Å². The monoisotopic (exact) mass is 239 g/mol. The van der Waals surface area contributed by atoms with E-state index < -0.39 is 0 Å². The van der Waals surface area contributed by atoms with Crippen LogP contribution in [0.1, 0.15) is 36.1 Å². The Morgan fingerprint density at radius 3 is 2.17 bits per heavy atom. The minimum Gasteiger partial charge on any atom is -0.0781 e. The Balaban J connectivity index is 2.28. The second kappa shape index (κ2) is 5.14. The summed E-state index contributed by atoms with van der Waals surface area (Å²) in [6.07, 6.45) is 8.08.